The molecule has 0 aromatic carbocycles. The summed E-state index contributed by atoms with van der Waals surface area (Å²) in [5.74, 6) is -0.447. The lowest BCUT2D eigenvalue weighted by Gasteiger charge is -2.09. The van der Waals surface area contributed by atoms with Gasteiger partial charge in [-0.05, 0) is 5.92 Å². The van der Waals surface area contributed by atoms with Crippen molar-refractivity contribution < 1.29 is 25.8 Å². The standard InChI is InChI=1S/C6H9F3O3S/c1-3-5(2)4-12-13(10,11)6(7,8)9/h3,5H,1,4H2,2H3. The quantitative estimate of drug-likeness (QED) is 0.409. The summed E-state index contributed by atoms with van der Waals surface area (Å²) in [6.45, 7) is 4.20. The molecule has 0 saturated heterocycles. The van der Waals surface area contributed by atoms with Crippen LogP contribution in [0.25, 0.3) is 0 Å². The van der Waals surface area contributed by atoms with Crippen molar-refractivity contribution in [3.05, 3.63) is 12.7 Å². The van der Waals surface area contributed by atoms with Gasteiger partial charge in [0.15, 0.2) is 0 Å². The fourth-order valence-electron chi connectivity index (χ4n) is 0.332. The van der Waals surface area contributed by atoms with Crippen LogP contribution < -0.4 is 0 Å². The number of alkyl halides is 3. The van der Waals surface area contributed by atoms with Crippen molar-refractivity contribution >= 4 is 10.1 Å². The van der Waals surface area contributed by atoms with Gasteiger partial charge in [-0.15, -0.1) is 6.58 Å². The van der Waals surface area contributed by atoms with E-state index < -0.39 is 28.2 Å². The van der Waals surface area contributed by atoms with Crippen molar-refractivity contribution in [2.45, 2.75) is 12.4 Å². The third-order valence-electron chi connectivity index (χ3n) is 1.17. The molecule has 0 fully saturated rings. The van der Waals surface area contributed by atoms with Crippen LogP contribution in [0.4, 0.5) is 13.2 Å². The fraction of sp³-hybridized carbons (Fsp3) is 0.667. The highest BCUT2D eigenvalue weighted by molar-refractivity contribution is 7.87. The Bertz CT molecular complexity index is 267. The summed E-state index contributed by atoms with van der Waals surface area (Å²) in [6.07, 6.45) is 1.30. The van der Waals surface area contributed by atoms with Crippen LogP contribution in [0, 0.1) is 5.92 Å². The molecule has 0 bridgehead atoms. The van der Waals surface area contributed by atoms with E-state index in [0.717, 1.165) is 0 Å². The van der Waals surface area contributed by atoms with E-state index in [9.17, 15) is 21.6 Å². The van der Waals surface area contributed by atoms with Gasteiger partial charge in [0.1, 0.15) is 0 Å². The van der Waals surface area contributed by atoms with Gasteiger partial charge in [-0.25, -0.2) is 0 Å². The molecule has 1 unspecified atom stereocenters. The van der Waals surface area contributed by atoms with Gasteiger partial charge in [0, 0.05) is 0 Å². The van der Waals surface area contributed by atoms with E-state index in [-0.39, 0.29) is 0 Å². The number of rotatable bonds is 4. The van der Waals surface area contributed by atoms with Crippen LogP contribution in [0.1, 0.15) is 6.92 Å². The summed E-state index contributed by atoms with van der Waals surface area (Å²) in [5, 5.41) is 0. The first-order chi connectivity index (χ1) is 5.70. The normalized spacial score (nSPS) is 15.4. The van der Waals surface area contributed by atoms with Crippen LogP contribution in [-0.4, -0.2) is 20.5 Å². The van der Waals surface area contributed by atoms with Gasteiger partial charge in [-0.1, -0.05) is 13.0 Å². The van der Waals surface area contributed by atoms with Crippen molar-refractivity contribution in [2.24, 2.45) is 5.92 Å². The maximum atomic E-state index is 11.6. The summed E-state index contributed by atoms with van der Waals surface area (Å²) in [4.78, 5) is 0. The summed E-state index contributed by atoms with van der Waals surface area (Å²) in [6, 6.07) is 0. The van der Waals surface area contributed by atoms with Crippen LogP contribution in [-0.2, 0) is 14.3 Å². The van der Waals surface area contributed by atoms with Crippen molar-refractivity contribution in [3.8, 4) is 0 Å². The Morgan fingerprint density at radius 2 is 2.00 bits per heavy atom. The van der Waals surface area contributed by atoms with Crippen LogP contribution in [0.3, 0.4) is 0 Å². The van der Waals surface area contributed by atoms with Gasteiger partial charge in [-0.2, -0.15) is 21.6 Å². The zero-order valence-electron chi connectivity index (χ0n) is 6.84. The Hall–Kier alpha value is -0.560. The lowest BCUT2D eigenvalue weighted by molar-refractivity contribution is -0.0546. The second-order valence-electron chi connectivity index (χ2n) is 2.40. The smallest absolute Gasteiger partial charge is 0.263 e. The van der Waals surface area contributed by atoms with E-state index in [2.05, 4.69) is 10.8 Å². The average molecular weight is 218 g/mol. The van der Waals surface area contributed by atoms with Crippen LogP contribution in [0.2, 0.25) is 0 Å². The maximum Gasteiger partial charge on any atom is 0.523 e. The Morgan fingerprint density at radius 1 is 1.54 bits per heavy atom. The van der Waals surface area contributed by atoms with E-state index in [1.54, 1.807) is 0 Å². The molecule has 0 N–H and O–H groups in total. The highest BCUT2D eigenvalue weighted by Gasteiger charge is 2.47. The Morgan fingerprint density at radius 3 is 2.31 bits per heavy atom. The molecule has 0 saturated carbocycles. The summed E-state index contributed by atoms with van der Waals surface area (Å²) < 4.78 is 59.3. The average Bonchev–Trinajstić information content (AvgIpc) is 1.98. The van der Waals surface area contributed by atoms with Gasteiger partial charge >= 0.3 is 15.6 Å². The predicted octanol–water partition coefficient (Wildman–Crippen LogP) is 1.67. The monoisotopic (exact) mass is 218 g/mol. The molecule has 13 heavy (non-hydrogen) atoms. The lowest BCUT2D eigenvalue weighted by Crippen LogP contribution is -2.26. The summed E-state index contributed by atoms with van der Waals surface area (Å²) >= 11 is 0. The maximum absolute atomic E-state index is 11.6. The molecule has 0 spiro atoms. The third-order valence-corrected chi connectivity index (χ3v) is 2.19. The lowest BCUT2D eigenvalue weighted by atomic mass is 10.2. The SMILES string of the molecule is C=CC(C)COS(=O)(=O)C(F)(F)F. The molecule has 0 aliphatic rings. The molecule has 78 valence electrons. The van der Waals surface area contributed by atoms with E-state index in [0.29, 0.717) is 0 Å². The Kier molecular flexibility index (Phi) is 3.92. The largest absolute Gasteiger partial charge is 0.523 e. The minimum Gasteiger partial charge on any atom is -0.263 e. The van der Waals surface area contributed by atoms with Crippen LogP contribution in [0.5, 0.6) is 0 Å². The fourth-order valence-corrected chi connectivity index (χ4v) is 0.859. The number of halogens is 3. The zero-order valence-corrected chi connectivity index (χ0v) is 7.65. The minimum absolute atomic E-state index is 0.447. The molecule has 0 heterocycles. The molecule has 0 aliphatic carbocycles. The van der Waals surface area contributed by atoms with Crippen molar-refractivity contribution in [2.75, 3.05) is 6.61 Å². The molecule has 1 atom stereocenters. The number of hydrogen-bond donors (Lipinski definition) is 0. The summed E-state index contributed by atoms with van der Waals surface area (Å²) in [7, 11) is -5.45. The van der Waals surface area contributed by atoms with Crippen LogP contribution >= 0.6 is 0 Å². The molecular weight excluding hydrogens is 209 g/mol. The molecule has 0 aromatic heterocycles. The van der Waals surface area contributed by atoms with Crippen molar-refractivity contribution in [3.63, 3.8) is 0 Å². The first kappa shape index (κ1) is 12.4. The highest BCUT2D eigenvalue weighted by Crippen LogP contribution is 2.24. The van der Waals surface area contributed by atoms with E-state index in [1.807, 2.05) is 0 Å². The van der Waals surface area contributed by atoms with E-state index in [1.165, 1.54) is 13.0 Å². The van der Waals surface area contributed by atoms with Gasteiger partial charge in [0.05, 0.1) is 6.61 Å². The highest BCUT2D eigenvalue weighted by atomic mass is 32.2. The second kappa shape index (κ2) is 4.10. The molecule has 0 rings (SSSR count). The van der Waals surface area contributed by atoms with Gasteiger partial charge in [0.2, 0.25) is 0 Å². The topological polar surface area (TPSA) is 43.4 Å². The molecule has 7 heteroatoms. The predicted molar refractivity (Wildman–Crippen MR) is 40.3 cm³/mol. The van der Waals surface area contributed by atoms with E-state index in [4.69, 9.17) is 0 Å². The molecular formula is C6H9F3O3S. The first-order valence-corrected chi connectivity index (χ1v) is 4.70. The van der Waals surface area contributed by atoms with Crippen molar-refractivity contribution in [1.29, 1.82) is 0 Å². The van der Waals surface area contributed by atoms with E-state index >= 15 is 0 Å². The number of hydrogen-bond acceptors (Lipinski definition) is 3. The Balaban J connectivity index is 4.30. The van der Waals surface area contributed by atoms with Crippen LogP contribution in [0.15, 0.2) is 12.7 Å². The van der Waals surface area contributed by atoms with Gasteiger partial charge < -0.3 is 0 Å². The first-order valence-electron chi connectivity index (χ1n) is 3.29. The zero-order chi connectivity index (χ0) is 10.7. The molecule has 0 aliphatic heterocycles. The van der Waals surface area contributed by atoms with Gasteiger partial charge in [-0.3, -0.25) is 4.18 Å². The van der Waals surface area contributed by atoms with Crippen molar-refractivity contribution in [1.82, 2.24) is 0 Å². The van der Waals surface area contributed by atoms with Gasteiger partial charge in [0.25, 0.3) is 0 Å². The minimum atomic E-state index is -5.45. The third kappa shape index (κ3) is 3.77. The molecule has 0 aromatic rings. The summed E-state index contributed by atoms with van der Waals surface area (Å²) in [5.41, 5.74) is -5.35. The molecule has 3 nitrogen and oxygen atoms in total. The molecule has 0 radical (unpaired) electrons. The Labute approximate surface area is 74.3 Å². The second-order valence-corrected chi connectivity index (χ2v) is 4.00. The molecule has 0 amide bonds.